The van der Waals surface area contributed by atoms with Gasteiger partial charge in [0.15, 0.2) is 0 Å². The molecule has 0 fully saturated rings. The van der Waals surface area contributed by atoms with Crippen molar-refractivity contribution in [3.8, 4) is 23.0 Å². The lowest BCUT2D eigenvalue weighted by atomic mass is 9.73. The highest BCUT2D eigenvalue weighted by molar-refractivity contribution is 5.85. The fraction of sp³-hybridized carbons (Fsp3) is 0.0909. The van der Waals surface area contributed by atoms with Gasteiger partial charge in [-0.25, -0.2) is 0 Å². The summed E-state index contributed by atoms with van der Waals surface area (Å²) in [6, 6.07) is 27.9. The monoisotopic (exact) mass is 280 g/mol. The first-order chi connectivity index (χ1) is 10.9. The Bertz CT molecular complexity index is 846. The highest BCUT2D eigenvalue weighted by atomic mass is 14.4. The topological polar surface area (TPSA) is 0 Å². The third-order valence-electron chi connectivity index (χ3n) is 4.47. The molecule has 3 aromatic carbocycles. The number of hydrogen-bond donors (Lipinski definition) is 0. The van der Waals surface area contributed by atoms with Crippen molar-refractivity contribution in [3.05, 3.63) is 95.6 Å². The van der Waals surface area contributed by atoms with Crippen molar-refractivity contribution in [2.24, 2.45) is 0 Å². The van der Waals surface area contributed by atoms with Gasteiger partial charge in [0.05, 0.1) is 0 Å². The van der Waals surface area contributed by atoms with Gasteiger partial charge in [0.1, 0.15) is 5.41 Å². The zero-order chi connectivity index (χ0) is 15.0. The van der Waals surface area contributed by atoms with Crippen LogP contribution in [0.4, 0.5) is 0 Å². The van der Waals surface area contributed by atoms with E-state index in [1.807, 2.05) is 6.92 Å². The van der Waals surface area contributed by atoms with E-state index in [4.69, 9.17) is 0 Å². The van der Waals surface area contributed by atoms with Crippen LogP contribution in [0, 0.1) is 11.8 Å². The predicted octanol–water partition coefficient (Wildman–Crippen LogP) is 5.02. The molecule has 0 amide bonds. The molecule has 0 aromatic heterocycles. The summed E-state index contributed by atoms with van der Waals surface area (Å²) in [4.78, 5) is 0. The molecule has 3 aromatic rings. The van der Waals surface area contributed by atoms with Gasteiger partial charge in [-0.2, -0.15) is 0 Å². The van der Waals surface area contributed by atoms with Gasteiger partial charge in [0.25, 0.3) is 0 Å². The highest BCUT2D eigenvalue weighted by Gasteiger charge is 2.43. The van der Waals surface area contributed by atoms with Crippen molar-refractivity contribution >= 4 is 0 Å². The van der Waals surface area contributed by atoms with Gasteiger partial charge >= 0.3 is 0 Å². The molecule has 0 spiro atoms. The minimum Gasteiger partial charge on any atom is -0.105 e. The van der Waals surface area contributed by atoms with E-state index >= 15 is 0 Å². The first-order valence-corrected chi connectivity index (χ1v) is 7.57. The second kappa shape index (κ2) is 4.90. The molecule has 4 rings (SSSR count). The van der Waals surface area contributed by atoms with E-state index in [1.165, 1.54) is 27.8 Å². The van der Waals surface area contributed by atoms with E-state index < -0.39 is 0 Å². The molecule has 104 valence electrons. The Morgan fingerprint density at radius 1 is 0.636 bits per heavy atom. The summed E-state index contributed by atoms with van der Waals surface area (Å²) in [6.45, 7) is 1.92. The molecular formula is C22H16. The first-order valence-electron chi connectivity index (χ1n) is 7.57. The maximum Gasteiger partial charge on any atom is 0.107 e. The van der Waals surface area contributed by atoms with Crippen molar-refractivity contribution in [2.45, 2.75) is 12.3 Å². The van der Waals surface area contributed by atoms with Crippen molar-refractivity contribution in [1.82, 2.24) is 0 Å². The summed E-state index contributed by atoms with van der Waals surface area (Å²) in [7, 11) is 0. The molecule has 0 aliphatic heterocycles. The van der Waals surface area contributed by atoms with Crippen LogP contribution in [0.15, 0.2) is 78.9 Å². The van der Waals surface area contributed by atoms with Gasteiger partial charge in [-0.1, -0.05) is 84.8 Å². The summed E-state index contributed by atoms with van der Waals surface area (Å²) in [5.41, 5.74) is 6.05. The van der Waals surface area contributed by atoms with Gasteiger partial charge in [0, 0.05) is 0 Å². The zero-order valence-electron chi connectivity index (χ0n) is 12.5. The molecule has 0 unspecified atom stereocenters. The third-order valence-corrected chi connectivity index (χ3v) is 4.47. The van der Waals surface area contributed by atoms with Gasteiger partial charge in [-0.05, 0) is 34.7 Å². The molecule has 0 nitrogen and oxygen atoms in total. The second-order valence-electron chi connectivity index (χ2n) is 5.58. The Balaban J connectivity index is 2.17. The summed E-state index contributed by atoms with van der Waals surface area (Å²) in [5, 5.41) is 0. The van der Waals surface area contributed by atoms with Crippen LogP contribution in [0.2, 0.25) is 0 Å². The van der Waals surface area contributed by atoms with E-state index in [0.717, 1.165) is 0 Å². The van der Waals surface area contributed by atoms with Gasteiger partial charge in [0.2, 0.25) is 0 Å². The number of rotatable bonds is 1. The van der Waals surface area contributed by atoms with Crippen molar-refractivity contribution in [3.63, 3.8) is 0 Å². The fourth-order valence-corrected chi connectivity index (χ4v) is 3.63. The summed E-state index contributed by atoms with van der Waals surface area (Å²) >= 11 is 0. The van der Waals surface area contributed by atoms with Crippen LogP contribution in [0.5, 0.6) is 0 Å². The van der Waals surface area contributed by atoms with Gasteiger partial charge < -0.3 is 0 Å². The Morgan fingerprint density at radius 3 is 1.68 bits per heavy atom. The highest BCUT2D eigenvalue weighted by Crippen LogP contribution is 2.51. The van der Waals surface area contributed by atoms with Crippen LogP contribution >= 0.6 is 0 Å². The fourth-order valence-electron chi connectivity index (χ4n) is 3.63. The van der Waals surface area contributed by atoms with Crippen LogP contribution in [-0.2, 0) is 5.41 Å². The molecule has 0 radical (unpaired) electrons. The molecule has 0 N–H and O–H groups in total. The molecule has 1 aliphatic carbocycles. The van der Waals surface area contributed by atoms with Gasteiger partial charge in [-0.15, -0.1) is 5.92 Å². The molecule has 0 saturated carbocycles. The molecule has 22 heavy (non-hydrogen) atoms. The number of hydrogen-bond acceptors (Lipinski definition) is 0. The molecule has 0 heteroatoms. The van der Waals surface area contributed by atoms with E-state index in [-0.39, 0.29) is 5.41 Å². The molecular weight excluding hydrogens is 264 g/mol. The SMILES string of the molecule is CC#CC1(c2ccccc2)c2ccccc2-c2ccccc21. The Morgan fingerprint density at radius 2 is 1.14 bits per heavy atom. The minimum absolute atomic E-state index is 0.358. The van der Waals surface area contributed by atoms with Crippen LogP contribution in [0.25, 0.3) is 11.1 Å². The van der Waals surface area contributed by atoms with Gasteiger partial charge in [-0.3, -0.25) is 0 Å². The van der Waals surface area contributed by atoms with E-state index in [9.17, 15) is 0 Å². The number of benzene rings is 3. The molecule has 1 aliphatic rings. The second-order valence-corrected chi connectivity index (χ2v) is 5.58. The van der Waals surface area contributed by atoms with E-state index in [0.29, 0.717) is 0 Å². The average molecular weight is 280 g/mol. The zero-order valence-corrected chi connectivity index (χ0v) is 12.5. The lowest BCUT2D eigenvalue weighted by Gasteiger charge is -2.27. The summed E-state index contributed by atoms with van der Waals surface area (Å²) in [5.74, 6) is 6.72. The van der Waals surface area contributed by atoms with E-state index in [1.54, 1.807) is 0 Å². The lowest BCUT2D eigenvalue weighted by Crippen LogP contribution is -2.24. The molecule has 0 atom stereocenters. The minimum atomic E-state index is -0.358. The third kappa shape index (κ3) is 1.60. The Labute approximate surface area is 131 Å². The normalized spacial score (nSPS) is 13.7. The quantitative estimate of drug-likeness (QED) is 0.549. The molecule has 0 saturated heterocycles. The summed E-state index contributed by atoms with van der Waals surface area (Å²) in [6.07, 6.45) is 0. The Kier molecular flexibility index (Phi) is 2.88. The van der Waals surface area contributed by atoms with Crippen LogP contribution < -0.4 is 0 Å². The Hall–Kier alpha value is -2.78. The van der Waals surface area contributed by atoms with Crippen LogP contribution in [-0.4, -0.2) is 0 Å². The first kappa shape index (κ1) is 12.9. The standard InChI is InChI=1S/C22H16/c1-2-16-22(17-10-4-3-5-11-17)20-14-8-6-12-18(20)19-13-7-9-15-21(19)22/h3-15H,1H3. The summed E-state index contributed by atoms with van der Waals surface area (Å²) < 4.78 is 0. The maximum absolute atomic E-state index is 3.54. The predicted molar refractivity (Wildman–Crippen MR) is 91.7 cm³/mol. The molecule has 0 heterocycles. The smallest absolute Gasteiger partial charge is 0.105 e. The van der Waals surface area contributed by atoms with Crippen molar-refractivity contribution < 1.29 is 0 Å². The lowest BCUT2D eigenvalue weighted by molar-refractivity contribution is 0.836. The maximum atomic E-state index is 3.54. The van der Waals surface area contributed by atoms with Crippen molar-refractivity contribution in [1.29, 1.82) is 0 Å². The van der Waals surface area contributed by atoms with Crippen LogP contribution in [0.3, 0.4) is 0 Å². The average Bonchev–Trinajstić information content (AvgIpc) is 2.88. The van der Waals surface area contributed by atoms with Crippen LogP contribution in [0.1, 0.15) is 23.6 Å². The number of fused-ring (bicyclic) bond motifs is 3. The van der Waals surface area contributed by atoms with Crippen molar-refractivity contribution in [2.75, 3.05) is 0 Å². The largest absolute Gasteiger partial charge is 0.107 e. The van der Waals surface area contributed by atoms with E-state index in [2.05, 4.69) is 90.7 Å². The molecule has 0 bridgehead atoms.